The lowest BCUT2D eigenvalue weighted by Crippen LogP contribution is -2.21. The molecule has 0 bridgehead atoms. The van der Waals surface area contributed by atoms with Crippen molar-refractivity contribution in [1.82, 2.24) is 9.97 Å². The molecule has 6 heteroatoms. The van der Waals surface area contributed by atoms with E-state index in [-0.39, 0.29) is 0 Å². The van der Waals surface area contributed by atoms with Crippen molar-refractivity contribution in [3.63, 3.8) is 0 Å². The van der Waals surface area contributed by atoms with Crippen molar-refractivity contribution >= 4 is 27.6 Å². The van der Waals surface area contributed by atoms with Gasteiger partial charge in [0.05, 0.1) is 6.10 Å². The van der Waals surface area contributed by atoms with Crippen molar-refractivity contribution in [2.75, 3.05) is 24.2 Å². The molecule has 0 radical (unpaired) electrons. The van der Waals surface area contributed by atoms with Gasteiger partial charge in [-0.15, -0.1) is 0 Å². The molecule has 0 aliphatic carbocycles. The molecule has 1 aliphatic heterocycles. The van der Waals surface area contributed by atoms with E-state index in [9.17, 15) is 0 Å². The van der Waals surface area contributed by atoms with Crippen molar-refractivity contribution in [3.8, 4) is 0 Å². The number of nitrogen functional groups attached to an aromatic ring is 1. The van der Waals surface area contributed by atoms with Crippen LogP contribution in [-0.4, -0.2) is 29.2 Å². The quantitative estimate of drug-likeness (QED) is 0.884. The Labute approximate surface area is 103 Å². The molecule has 5 nitrogen and oxygen atoms in total. The lowest BCUT2D eigenvalue weighted by atomic mass is 10.0. The van der Waals surface area contributed by atoms with E-state index < -0.39 is 0 Å². The van der Waals surface area contributed by atoms with Gasteiger partial charge in [-0.3, -0.25) is 0 Å². The fourth-order valence-electron chi connectivity index (χ4n) is 1.78. The molecular weight excluding hydrogens is 272 g/mol. The number of nitrogens with two attached hydrogens (primary N) is 1. The number of ether oxygens (including phenoxy) is 1. The van der Waals surface area contributed by atoms with Crippen LogP contribution >= 0.6 is 15.9 Å². The molecule has 1 saturated heterocycles. The zero-order chi connectivity index (χ0) is 11.5. The summed E-state index contributed by atoms with van der Waals surface area (Å²) in [4.78, 5) is 8.02. The number of nitrogens with zero attached hydrogens (tertiary/aromatic N) is 2. The number of nitrogens with one attached hydrogen (secondary N) is 1. The van der Waals surface area contributed by atoms with Crippen LogP contribution in [0.1, 0.15) is 13.3 Å². The summed E-state index contributed by atoms with van der Waals surface area (Å²) in [5.74, 6) is 1.72. The summed E-state index contributed by atoms with van der Waals surface area (Å²) >= 11 is 3.36. The Bertz CT molecular complexity index is 374. The fourth-order valence-corrected chi connectivity index (χ4v) is 2.12. The average Bonchev–Trinajstić information content (AvgIpc) is 2.67. The maximum absolute atomic E-state index is 5.67. The van der Waals surface area contributed by atoms with E-state index in [1.807, 2.05) is 0 Å². The van der Waals surface area contributed by atoms with Gasteiger partial charge >= 0.3 is 0 Å². The van der Waals surface area contributed by atoms with Gasteiger partial charge < -0.3 is 15.8 Å². The van der Waals surface area contributed by atoms with E-state index in [0.29, 0.717) is 17.8 Å². The number of rotatable bonds is 3. The monoisotopic (exact) mass is 286 g/mol. The first-order chi connectivity index (χ1) is 7.68. The molecule has 88 valence electrons. The largest absolute Gasteiger partial charge is 0.383 e. The van der Waals surface area contributed by atoms with Crippen LogP contribution in [0.5, 0.6) is 0 Å². The number of halogens is 1. The summed E-state index contributed by atoms with van der Waals surface area (Å²) in [5, 5.41) is 3.27. The van der Waals surface area contributed by atoms with Gasteiger partial charge in [0.1, 0.15) is 22.4 Å². The molecule has 1 aromatic rings. The van der Waals surface area contributed by atoms with Crippen molar-refractivity contribution in [3.05, 3.63) is 10.8 Å². The first-order valence-corrected chi connectivity index (χ1v) is 6.09. The Morgan fingerprint density at radius 1 is 1.62 bits per heavy atom. The number of anilines is 2. The molecule has 2 heterocycles. The average molecular weight is 287 g/mol. The molecule has 1 aliphatic rings. The Kier molecular flexibility index (Phi) is 3.60. The van der Waals surface area contributed by atoms with Gasteiger partial charge in [-0.25, -0.2) is 9.97 Å². The fraction of sp³-hybridized carbons (Fsp3) is 0.600. The van der Waals surface area contributed by atoms with Gasteiger partial charge in [-0.05, 0) is 29.3 Å². The predicted octanol–water partition coefficient (Wildman–Crippen LogP) is 1.66. The van der Waals surface area contributed by atoms with Crippen LogP contribution in [0.4, 0.5) is 11.6 Å². The number of aromatic nitrogens is 2. The Morgan fingerprint density at radius 2 is 2.44 bits per heavy atom. The van der Waals surface area contributed by atoms with E-state index in [0.717, 1.165) is 29.9 Å². The first-order valence-electron chi connectivity index (χ1n) is 5.30. The van der Waals surface area contributed by atoms with Crippen LogP contribution in [0.3, 0.4) is 0 Å². The van der Waals surface area contributed by atoms with Crippen molar-refractivity contribution in [2.45, 2.75) is 19.4 Å². The minimum Gasteiger partial charge on any atom is -0.383 e. The van der Waals surface area contributed by atoms with Crippen molar-refractivity contribution < 1.29 is 4.74 Å². The lowest BCUT2D eigenvalue weighted by molar-refractivity contribution is 0.108. The van der Waals surface area contributed by atoms with Gasteiger partial charge in [0.2, 0.25) is 0 Å². The van der Waals surface area contributed by atoms with Gasteiger partial charge in [0, 0.05) is 19.1 Å². The maximum atomic E-state index is 5.67. The Morgan fingerprint density at radius 3 is 3.12 bits per heavy atom. The smallest absolute Gasteiger partial charge is 0.145 e. The van der Waals surface area contributed by atoms with Crippen LogP contribution in [-0.2, 0) is 4.74 Å². The second-order valence-corrected chi connectivity index (χ2v) is 4.72. The van der Waals surface area contributed by atoms with E-state index in [2.05, 4.69) is 38.1 Å². The highest BCUT2D eigenvalue weighted by Crippen LogP contribution is 2.26. The molecule has 0 aromatic carbocycles. The van der Waals surface area contributed by atoms with Crippen molar-refractivity contribution in [2.24, 2.45) is 5.92 Å². The zero-order valence-corrected chi connectivity index (χ0v) is 10.7. The maximum Gasteiger partial charge on any atom is 0.145 e. The van der Waals surface area contributed by atoms with Gasteiger partial charge in [0.25, 0.3) is 0 Å². The summed E-state index contributed by atoms with van der Waals surface area (Å²) in [6, 6.07) is 0. The molecule has 0 saturated carbocycles. The van der Waals surface area contributed by atoms with E-state index >= 15 is 0 Å². The summed E-state index contributed by atoms with van der Waals surface area (Å²) in [5.41, 5.74) is 5.67. The molecule has 0 spiro atoms. The molecule has 2 unspecified atom stereocenters. The van der Waals surface area contributed by atoms with Crippen LogP contribution < -0.4 is 11.1 Å². The third kappa shape index (κ3) is 2.44. The molecule has 0 amide bonds. The van der Waals surface area contributed by atoms with Crippen molar-refractivity contribution in [1.29, 1.82) is 0 Å². The molecule has 1 fully saturated rings. The second kappa shape index (κ2) is 4.97. The normalized spacial score (nSPS) is 24.6. The predicted molar refractivity (Wildman–Crippen MR) is 66.2 cm³/mol. The standard InChI is InChI=1S/C10H15BrN4O/c1-6-7(2-3-16-6)4-13-10-8(11)9(12)14-5-15-10/h5-7H,2-4H2,1H3,(H3,12,13,14,15). The van der Waals surface area contributed by atoms with E-state index in [1.165, 1.54) is 6.33 Å². The number of hydrogen-bond donors (Lipinski definition) is 2. The third-order valence-corrected chi connectivity index (χ3v) is 3.66. The second-order valence-electron chi connectivity index (χ2n) is 3.93. The highest BCUT2D eigenvalue weighted by molar-refractivity contribution is 9.10. The SMILES string of the molecule is CC1OCCC1CNc1ncnc(N)c1Br. The molecule has 1 aromatic heterocycles. The van der Waals surface area contributed by atoms with E-state index in [4.69, 9.17) is 10.5 Å². The molecule has 2 rings (SSSR count). The molecule has 16 heavy (non-hydrogen) atoms. The molecule has 3 N–H and O–H groups in total. The Hall–Kier alpha value is -0.880. The van der Waals surface area contributed by atoms with Gasteiger partial charge in [-0.2, -0.15) is 0 Å². The third-order valence-electron chi connectivity index (χ3n) is 2.88. The topological polar surface area (TPSA) is 73.1 Å². The summed E-state index contributed by atoms with van der Waals surface area (Å²) in [6.45, 7) is 3.79. The Balaban J connectivity index is 1.96. The minimum atomic E-state index is 0.311. The van der Waals surface area contributed by atoms with Crippen LogP contribution in [0.25, 0.3) is 0 Å². The van der Waals surface area contributed by atoms with Gasteiger partial charge in [-0.1, -0.05) is 0 Å². The number of hydrogen-bond acceptors (Lipinski definition) is 5. The highest BCUT2D eigenvalue weighted by Gasteiger charge is 2.24. The lowest BCUT2D eigenvalue weighted by Gasteiger charge is -2.15. The summed E-state index contributed by atoms with van der Waals surface area (Å²) < 4.78 is 6.22. The van der Waals surface area contributed by atoms with Crippen LogP contribution in [0, 0.1) is 5.92 Å². The van der Waals surface area contributed by atoms with Crippen LogP contribution in [0.15, 0.2) is 10.8 Å². The summed E-state index contributed by atoms with van der Waals surface area (Å²) in [6.07, 6.45) is 2.86. The van der Waals surface area contributed by atoms with E-state index in [1.54, 1.807) is 0 Å². The summed E-state index contributed by atoms with van der Waals surface area (Å²) in [7, 11) is 0. The molecule has 2 atom stereocenters. The first kappa shape index (κ1) is 11.6. The highest BCUT2D eigenvalue weighted by atomic mass is 79.9. The van der Waals surface area contributed by atoms with Crippen LogP contribution in [0.2, 0.25) is 0 Å². The molecular formula is C10H15BrN4O. The van der Waals surface area contributed by atoms with Gasteiger partial charge in [0.15, 0.2) is 0 Å². The minimum absolute atomic E-state index is 0.311. The zero-order valence-electron chi connectivity index (χ0n) is 9.11.